The zero-order chi connectivity index (χ0) is 29.6. The van der Waals surface area contributed by atoms with Crippen LogP contribution in [0.5, 0.6) is 0 Å². The standard InChI is InChI=1S/C25H28F3N5O7/c1-4-39-20(34)6-5-17(10-15-7-8-29-22(15)36)30-21(35)14(3)33-12-16(25(26,27)28)11-19(24(33)38)31-23(37)18-9-13(2)40-32-18/h5-6,9,11-12,14-15,17H,4,7-8,10H2,1-3H3,(H,29,36)(H,30,35)(H,31,37)/b6-5+/t14-,15-,17+/m0/s1. The molecule has 2 aromatic rings. The van der Waals surface area contributed by atoms with E-state index in [1.54, 1.807) is 6.92 Å². The van der Waals surface area contributed by atoms with Gasteiger partial charge in [-0.3, -0.25) is 19.2 Å². The van der Waals surface area contributed by atoms with Gasteiger partial charge in [-0.05, 0) is 39.7 Å². The predicted molar refractivity (Wildman–Crippen MR) is 133 cm³/mol. The van der Waals surface area contributed by atoms with Crippen LogP contribution in [0.1, 0.15) is 54.5 Å². The second-order valence-electron chi connectivity index (χ2n) is 9.04. The average Bonchev–Trinajstić information content (AvgIpc) is 3.50. The molecule has 0 unspecified atom stereocenters. The van der Waals surface area contributed by atoms with Crippen molar-refractivity contribution in [1.82, 2.24) is 20.4 Å². The van der Waals surface area contributed by atoms with Crippen molar-refractivity contribution in [2.24, 2.45) is 5.92 Å². The van der Waals surface area contributed by atoms with Crippen molar-refractivity contribution in [3.63, 3.8) is 0 Å². The molecular formula is C25H28F3N5O7. The van der Waals surface area contributed by atoms with Gasteiger partial charge in [0, 0.05) is 36.8 Å². The summed E-state index contributed by atoms with van der Waals surface area (Å²) in [5.41, 5.74) is -3.38. The molecule has 2 aromatic heterocycles. The number of aryl methyl sites for hydroxylation is 1. The van der Waals surface area contributed by atoms with Crippen molar-refractivity contribution in [3.05, 3.63) is 57.9 Å². The highest BCUT2D eigenvalue weighted by molar-refractivity contribution is 6.02. The molecule has 1 saturated heterocycles. The Labute approximate surface area is 225 Å². The molecule has 3 atom stereocenters. The number of amides is 3. The summed E-state index contributed by atoms with van der Waals surface area (Å²) < 4.78 is 51.2. The van der Waals surface area contributed by atoms with Gasteiger partial charge in [0.05, 0.1) is 12.2 Å². The quantitative estimate of drug-likeness (QED) is 0.291. The molecule has 1 aliphatic rings. The van der Waals surface area contributed by atoms with Crippen LogP contribution in [0.15, 0.2) is 39.8 Å². The fourth-order valence-electron chi connectivity index (χ4n) is 3.97. The fraction of sp³-hybridized carbons (Fsp3) is 0.440. The molecule has 0 aliphatic carbocycles. The number of hydrogen-bond acceptors (Lipinski definition) is 8. The number of ether oxygens (including phenoxy) is 1. The fourth-order valence-corrected chi connectivity index (χ4v) is 3.97. The number of nitrogens with zero attached hydrogens (tertiary/aromatic N) is 2. The van der Waals surface area contributed by atoms with E-state index in [0.29, 0.717) is 29.8 Å². The van der Waals surface area contributed by atoms with Crippen LogP contribution in [0.25, 0.3) is 0 Å². The van der Waals surface area contributed by atoms with Crippen molar-refractivity contribution in [3.8, 4) is 0 Å². The van der Waals surface area contributed by atoms with E-state index in [-0.39, 0.29) is 30.4 Å². The van der Waals surface area contributed by atoms with Crippen LogP contribution in [-0.4, -0.2) is 52.6 Å². The first-order valence-electron chi connectivity index (χ1n) is 12.3. The summed E-state index contributed by atoms with van der Waals surface area (Å²) in [6.07, 6.45) is -1.49. The molecule has 12 nitrogen and oxygen atoms in total. The molecule has 3 rings (SSSR count). The zero-order valence-corrected chi connectivity index (χ0v) is 21.8. The summed E-state index contributed by atoms with van der Waals surface area (Å²) >= 11 is 0. The molecule has 0 aromatic carbocycles. The third-order valence-corrected chi connectivity index (χ3v) is 6.06. The summed E-state index contributed by atoms with van der Waals surface area (Å²) in [4.78, 5) is 62.5. The molecule has 0 saturated carbocycles. The van der Waals surface area contributed by atoms with Crippen LogP contribution >= 0.6 is 0 Å². The minimum Gasteiger partial charge on any atom is -0.463 e. The topological polar surface area (TPSA) is 162 Å². The van der Waals surface area contributed by atoms with Gasteiger partial charge in [-0.2, -0.15) is 13.2 Å². The number of esters is 1. The predicted octanol–water partition coefficient (Wildman–Crippen LogP) is 2.11. The maximum Gasteiger partial charge on any atom is 0.417 e. The Hall–Kier alpha value is -4.43. The van der Waals surface area contributed by atoms with Crippen molar-refractivity contribution < 1.29 is 41.6 Å². The second kappa shape index (κ2) is 12.6. The van der Waals surface area contributed by atoms with Crippen LogP contribution in [0.3, 0.4) is 0 Å². The van der Waals surface area contributed by atoms with E-state index in [1.807, 2.05) is 0 Å². The van der Waals surface area contributed by atoms with Crippen LogP contribution in [0.4, 0.5) is 18.9 Å². The van der Waals surface area contributed by atoms with E-state index in [1.165, 1.54) is 26.0 Å². The first kappa shape index (κ1) is 30.1. The Morgan fingerprint density at radius 3 is 2.60 bits per heavy atom. The lowest BCUT2D eigenvalue weighted by molar-refractivity contribution is -0.138. The van der Waals surface area contributed by atoms with Crippen LogP contribution in [-0.2, 0) is 25.3 Å². The lowest BCUT2D eigenvalue weighted by Crippen LogP contribution is -2.42. The average molecular weight is 568 g/mol. The van der Waals surface area contributed by atoms with Gasteiger partial charge in [-0.25, -0.2) is 4.79 Å². The van der Waals surface area contributed by atoms with Gasteiger partial charge in [0.2, 0.25) is 11.8 Å². The number of halogens is 3. The number of nitrogens with one attached hydrogen (secondary N) is 3. The second-order valence-corrected chi connectivity index (χ2v) is 9.04. The molecule has 1 aliphatic heterocycles. The zero-order valence-electron chi connectivity index (χ0n) is 21.8. The highest BCUT2D eigenvalue weighted by Crippen LogP contribution is 2.30. The number of hydrogen-bond donors (Lipinski definition) is 3. The Bertz CT molecular complexity index is 1370. The lowest BCUT2D eigenvalue weighted by Gasteiger charge is -2.22. The number of pyridine rings is 1. The highest BCUT2D eigenvalue weighted by Gasteiger charge is 2.34. The summed E-state index contributed by atoms with van der Waals surface area (Å²) in [5.74, 6) is -3.01. The molecule has 0 spiro atoms. The molecule has 216 valence electrons. The van der Waals surface area contributed by atoms with E-state index >= 15 is 0 Å². The Morgan fingerprint density at radius 1 is 1.30 bits per heavy atom. The van der Waals surface area contributed by atoms with E-state index in [2.05, 4.69) is 21.1 Å². The third kappa shape index (κ3) is 7.57. The van der Waals surface area contributed by atoms with Crippen LogP contribution in [0.2, 0.25) is 0 Å². The van der Waals surface area contributed by atoms with Crippen molar-refractivity contribution in [2.75, 3.05) is 18.5 Å². The molecule has 1 fully saturated rings. The minimum atomic E-state index is -4.92. The van der Waals surface area contributed by atoms with Gasteiger partial charge < -0.3 is 29.8 Å². The normalized spacial score (nSPS) is 16.9. The SMILES string of the molecule is CCOC(=O)/C=C/[C@H](C[C@@H]1CCNC1=O)NC(=O)[C@H](C)n1cc(C(F)(F)F)cc(NC(=O)c2cc(C)on2)c1=O. The summed E-state index contributed by atoms with van der Waals surface area (Å²) in [7, 11) is 0. The lowest BCUT2D eigenvalue weighted by atomic mass is 9.97. The monoisotopic (exact) mass is 567 g/mol. The maximum atomic E-state index is 13.7. The molecule has 0 radical (unpaired) electrons. The number of alkyl halides is 3. The molecule has 15 heteroatoms. The van der Waals surface area contributed by atoms with Crippen LogP contribution in [0, 0.1) is 12.8 Å². The Morgan fingerprint density at radius 2 is 2.02 bits per heavy atom. The van der Waals surface area contributed by atoms with Gasteiger partial charge in [-0.15, -0.1) is 0 Å². The minimum absolute atomic E-state index is 0.0934. The molecule has 3 heterocycles. The largest absolute Gasteiger partial charge is 0.463 e. The Kier molecular flexibility index (Phi) is 9.50. The van der Waals surface area contributed by atoms with E-state index in [0.717, 1.165) is 6.08 Å². The summed E-state index contributed by atoms with van der Waals surface area (Å²) in [6.45, 7) is 4.83. The number of aromatic nitrogens is 2. The summed E-state index contributed by atoms with van der Waals surface area (Å²) in [6, 6.07) is -0.691. The van der Waals surface area contributed by atoms with Gasteiger partial charge >= 0.3 is 12.1 Å². The smallest absolute Gasteiger partial charge is 0.417 e. The highest BCUT2D eigenvalue weighted by atomic mass is 19.4. The first-order valence-corrected chi connectivity index (χ1v) is 12.3. The maximum absolute atomic E-state index is 13.7. The molecule has 40 heavy (non-hydrogen) atoms. The van der Waals surface area contributed by atoms with Crippen molar-refractivity contribution in [1.29, 1.82) is 0 Å². The van der Waals surface area contributed by atoms with E-state index in [4.69, 9.17) is 9.26 Å². The Balaban J connectivity index is 1.90. The van der Waals surface area contributed by atoms with Gasteiger partial charge in [0.25, 0.3) is 11.5 Å². The van der Waals surface area contributed by atoms with Crippen molar-refractivity contribution >= 4 is 29.4 Å². The molecular weight excluding hydrogens is 539 g/mol. The van der Waals surface area contributed by atoms with Gasteiger partial charge in [-0.1, -0.05) is 11.2 Å². The van der Waals surface area contributed by atoms with Gasteiger partial charge in [0.1, 0.15) is 17.5 Å². The number of carbonyl (C=O) groups is 4. The van der Waals surface area contributed by atoms with Crippen LogP contribution < -0.4 is 21.5 Å². The molecule has 3 amide bonds. The number of rotatable bonds is 10. The van der Waals surface area contributed by atoms with Gasteiger partial charge in [0.15, 0.2) is 5.69 Å². The molecule has 3 N–H and O–H groups in total. The van der Waals surface area contributed by atoms with E-state index in [9.17, 15) is 37.1 Å². The number of anilines is 1. The number of carbonyl (C=O) groups excluding carboxylic acids is 4. The third-order valence-electron chi connectivity index (χ3n) is 6.06. The van der Waals surface area contributed by atoms with E-state index < -0.39 is 58.8 Å². The first-order chi connectivity index (χ1) is 18.8. The summed E-state index contributed by atoms with van der Waals surface area (Å²) in [5, 5.41) is 10.8. The van der Waals surface area contributed by atoms with Crippen molar-refractivity contribution in [2.45, 2.75) is 51.9 Å². The molecule has 0 bridgehead atoms.